The van der Waals surface area contributed by atoms with Crippen LogP contribution >= 0.6 is 0 Å². The number of benzene rings is 2. The smallest absolute Gasteiger partial charge is 0.320 e. The summed E-state index contributed by atoms with van der Waals surface area (Å²) in [6, 6.07) is 12.7. The Bertz CT molecular complexity index is 1130. The molecule has 0 unspecified atom stereocenters. The van der Waals surface area contributed by atoms with Gasteiger partial charge in [0.05, 0.1) is 16.9 Å². The summed E-state index contributed by atoms with van der Waals surface area (Å²) < 4.78 is 42.0. The normalized spacial score (nSPS) is 12.0. The van der Waals surface area contributed by atoms with Crippen molar-refractivity contribution in [1.82, 2.24) is 9.78 Å². The van der Waals surface area contributed by atoms with Crippen LogP contribution in [-0.2, 0) is 18.6 Å². The van der Waals surface area contributed by atoms with E-state index < -0.39 is 29.1 Å². The number of nitrogens with one attached hydrogen (secondary N) is 1. The number of hydrogen-bond donors (Lipinski definition) is 1. The Hall–Kier alpha value is -3.42. The molecule has 0 fully saturated rings. The molecule has 0 aliphatic carbocycles. The first-order valence-corrected chi connectivity index (χ1v) is 9.55. The van der Waals surface area contributed by atoms with Crippen LogP contribution in [-0.4, -0.2) is 21.5 Å². The lowest BCUT2D eigenvalue weighted by molar-refractivity contribution is -0.136. The molecular weight excluding hydrogens is 407 g/mol. The third kappa shape index (κ3) is 4.84. The first kappa shape index (κ1) is 22.3. The highest BCUT2D eigenvalue weighted by atomic mass is 19.4. The number of hydrogen-bond acceptors (Lipinski definition) is 3. The molecular formula is C23H22F3N3O2. The van der Waals surface area contributed by atoms with Crippen LogP contribution in [0.4, 0.5) is 18.9 Å². The average molecular weight is 429 g/mol. The molecule has 0 aliphatic heterocycles. The van der Waals surface area contributed by atoms with Gasteiger partial charge in [0.15, 0.2) is 5.78 Å². The molecule has 1 heterocycles. The lowest BCUT2D eigenvalue weighted by Crippen LogP contribution is -2.19. The van der Waals surface area contributed by atoms with Gasteiger partial charge in [-0.2, -0.15) is 18.3 Å². The van der Waals surface area contributed by atoms with E-state index in [-0.39, 0.29) is 16.7 Å². The molecule has 3 aromatic rings. The third-order valence-corrected chi connectivity index (χ3v) is 4.75. The topological polar surface area (TPSA) is 64.0 Å². The monoisotopic (exact) mass is 429 g/mol. The van der Waals surface area contributed by atoms with Gasteiger partial charge in [0.1, 0.15) is 5.69 Å². The Balaban J connectivity index is 2.00. The molecule has 0 saturated carbocycles. The Labute approximate surface area is 177 Å². The van der Waals surface area contributed by atoms with Crippen molar-refractivity contribution in [3.05, 3.63) is 82.7 Å². The lowest BCUT2D eigenvalue weighted by atomic mass is 9.92. The predicted molar refractivity (Wildman–Crippen MR) is 111 cm³/mol. The molecule has 1 amide bonds. The average Bonchev–Trinajstić information content (AvgIpc) is 3.09. The molecule has 31 heavy (non-hydrogen) atoms. The quantitative estimate of drug-likeness (QED) is 0.579. The van der Waals surface area contributed by atoms with Crippen molar-refractivity contribution in [2.24, 2.45) is 7.05 Å². The third-order valence-electron chi connectivity index (χ3n) is 4.75. The summed E-state index contributed by atoms with van der Waals surface area (Å²) in [5.74, 6) is -1.19. The number of carbonyl (C=O) groups is 2. The molecule has 2 aromatic carbocycles. The number of alkyl halides is 3. The molecule has 0 spiro atoms. The van der Waals surface area contributed by atoms with E-state index in [1.165, 1.54) is 4.68 Å². The van der Waals surface area contributed by atoms with E-state index in [1.807, 2.05) is 20.8 Å². The highest BCUT2D eigenvalue weighted by molar-refractivity contribution is 6.10. The van der Waals surface area contributed by atoms with Crippen LogP contribution in [0.1, 0.15) is 58.4 Å². The summed E-state index contributed by atoms with van der Waals surface area (Å²) in [6.45, 7) is 5.74. The van der Waals surface area contributed by atoms with E-state index in [0.717, 1.165) is 18.2 Å². The van der Waals surface area contributed by atoms with Crippen molar-refractivity contribution in [3.63, 3.8) is 0 Å². The van der Waals surface area contributed by atoms with E-state index in [4.69, 9.17) is 0 Å². The van der Waals surface area contributed by atoms with Gasteiger partial charge in [0.25, 0.3) is 5.91 Å². The zero-order valence-electron chi connectivity index (χ0n) is 17.5. The van der Waals surface area contributed by atoms with Crippen molar-refractivity contribution in [2.75, 3.05) is 5.32 Å². The standard InChI is InChI=1S/C23H22F3N3O2/c1-22(2,3)19-13-18(29(4)28-19)21(31)27-17-12-15(10-11-16(17)23(24,25)26)20(30)14-8-6-5-7-9-14/h5-13H,1-4H3,(H,27,31). The molecule has 0 aliphatic rings. The van der Waals surface area contributed by atoms with E-state index in [1.54, 1.807) is 43.4 Å². The van der Waals surface area contributed by atoms with Crippen LogP contribution in [0.5, 0.6) is 0 Å². The van der Waals surface area contributed by atoms with Gasteiger partial charge in [-0.1, -0.05) is 57.2 Å². The van der Waals surface area contributed by atoms with Crippen molar-refractivity contribution < 1.29 is 22.8 Å². The second-order valence-corrected chi connectivity index (χ2v) is 8.20. The highest BCUT2D eigenvalue weighted by Gasteiger charge is 2.35. The van der Waals surface area contributed by atoms with Gasteiger partial charge in [0.2, 0.25) is 0 Å². The van der Waals surface area contributed by atoms with Crippen molar-refractivity contribution >= 4 is 17.4 Å². The van der Waals surface area contributed by atoms with Gasteiger partial charge >= 0.3 is 6.18 Å². The fourth-order valence-corrected chi connectivity index (χ4v) is 3.02. The van der Waals surface area contributed by atoms with Gasteiger partial charge in [-0.3, -0.25) is 14.3 Å². The van der Waals surface area contributed by atoms with Gasteiger partial charge < -0.3 is 5.32 Å². The number of ketones is 1. The Morgan fingerprint density at radius 1 is 0.935 bits per heavy atom. The predicted octanol–water partition coefficient (Wildman–Crippen LogP) is 5.22. The second-order valence-electron chi connectivity index (χ2n) is 8.20. The maximum atomic E-state index is 13.5. The van der Waals surface area contributed by atoms with E-state index in [0.29, 0.717) is 11.3 Å². The van der Waals surface area contributed by atoms with E-state index in [9.17, 15) is 22.8 Å². The minimum atomic E-state index is -4.71. The van der Waals surface area contributed by atoms with Crippen LogP contribution in [0.3, 0.4) is 0 Å². The number of aryl methyl sites for hydroxylation is 1. The van der Waals surface area contributed by atoms with Crippen molar-refractivity contribution in [3.8, 4) is 0 Å². The van der Waals surface area contributed by atoms with Crippen LogP contribution in [0, 0.1) is 0 Å². The van der Waals surface area contributed by atoms with Gasteiger partial charge in [-0.25, -0.2) is 0 Å². The zero-order chi connectivity index (χ0) is 23.0. The van der Waals surface area contributed by atoms with Gasteiger partial charge in [0, 0.05) is 23.6 Å². The summed E-state index contributed by atoms with van der Waals surface area (Å²) in [5.41, 5.74) is -0.755. The molecule has 3 rings (SSSR count). The fraction of sp³-hybridized carbons (Fsp3) is 0.261. The van der Waals surface area contributed by atoms with E-state index >= 15 is 0 Å². The molecule has 0 atom stereocenters. The zero-order valence-corrected chi connectivity index (χ0v) is 17.5. The maximum Gasteiger partial charge on any atom is 0.418 e. The van der Waals surface area contributed by atoms with Crippen LogP contribution in [0.15, 0.2) is 54.6 Å². The minimum Gasteiger partial charge on any atom is -0.320 e. The largest absolute Gasteiger partial charge is 0.418 e. The first-order valence-electron chi connectivity index (χ1n) is 9.55. The number of anilines is 1. The lowest BCUT2D eigenvalue weighted by Gasteiger charge is -2.15. The highest BCUT2D eigenvalue weighted by Crippen LogP contribution is 2.36. The summed E-state index contributed by atoms with van der Waals surface area (Å²) >= 11 is 0. The summed E-state index contributed by atoms with van der Waals surface area (Å²) in [5, 5.41) is 6.59. The Morgan fingerprint density at radius 2 is 1.58 bits per heavy atom. The number of rotatable bonds is 4. The number of aromatic nitrogens is 2. The summed E-state index contributed by atoms with van der Waals surface area (Å²) in [4.78, 5) is 25.5. The SMILES string of the molecule is Cn1nc(C(C)(C)C)cc1C(=O)Nc1cc(C(=O)c2ccccc2)ccc1C(F)(F)F. The summed E-state index contributed by atoms with van der Waals surface area (Å²) in [6.07, 6.45) is -4.71. The minimum absolute atomic E-state index is 0.0369. The van der Waals surface area contributed by atoms with Crippen molar-refractivity contribution in [1.29, 1.82) is 0 Å². The van der Waals surface area contributed by atoms with Crippen molar-refractivity contribution in [2.45, 2.75) is 32.4 Å². The Kier molecular flexibility index (Phi) is 5.76. The number of halogens is 3. The fourth-order valence-electron chi connectivity index (χ4n) is 3.02. The van der Waals surface area contributed by atoms with Crippen LogP contribution < -0.4 is 5.32 Å². The molecule has 0 radical (unpaired) electrons. The van der Waals surface area contributed by atoms with Crippen LogP contribution in [0.2, 0.25) is 0 Å². The first-order chi connectivity index (χ1) is 14.4. The summed E-state index contributed by atoms with van der Waals surface area (Å²) in [7, 11) is 1.55. The maximum absolute atomic E-state index is 13.5. The second kappa shape index (κ2) is 8.02. The van der Waals surface area contributed by atoms with Gasteiger partial charge in [-0.05, 0) is 18.2 Å². The number of nitrogens with zero attached hydrogens (tertiary/aromatic N) is 2. The van der Waals surface area contributed by atoms with E-state index in [2.05, 4.69) is 10.4 Å². The molecule has 0 saturated heterocycles. The molecule has 162 valence electrons. The molecule has 0 bridgehead atoms. The molecule has 1 aromatic heterocycles. The molecule has 1 N–H and O–H groups in total. The Morgan fingerprint density at radius 3 is 2.13 bits per heavy atom. The molecule has 8 heteroatoms. The van der Waals surface area contributed by atoms with Crippen LogP contribution in [0.25, 0.3) is 0 Å². The number of amides is 1. The number of carbonyl (C=O) groups excluding carboxylic acids is 2. The van der Waals surface area contributed by atoms with Gasteiger partial charge in [-0.15, -0.1) is 0 Å². The molecule has 5 nitrogen and oxygen atoms in total.